The molecule has 0 bridgehead atoms. The van der Waals surface area contributed by atoms with E-state index in [9.17, 15) is 4.79 Å². The molecule has 0 rings (SSSR count). The number of nitrogens with two attached hydrogens (primary N) is 1. The highest BCUT2D eigenvalue weighted by atomic mass is 16.5. The van der Waals surface area contributed by atoms with E-state index in [1.807, 2.05) is 0 Å². The van der Waals surface area contributed by atoms with E-state index in [1.54, 1.807) is 7.05 Å². The van der Waals surface area contributed by atoms with Gasteiger partial charge < -0.3 is 10.9 Å². The molecule has 0 spiro atoms. The van der Waals surface area contributed by atoms with E-state index in [0.29, 0.717) is 6.42 Å². The maximum Gasteiger partial charge on any atom is 0.217 e. The number of rotatable bonds is 9. The normalized spacial score (nSPS) is 9.94. The quantitative estimate of drug-likeness (QED) is 0.485. The number of hydroxylamine groups is 2. The van der Waals surface area contributed by atoms with Gasteiger partial charge in [-0.3, -0.25) is 4.79 Å². The second-order valence-electron chi connectivity index (χ2n) is 4.37. The van der Waals surface area contributed by atoms with E-state index in [0.717, 1.165) is 32.2 Å². The molecule has 0 fully saturated rings. The summed E-state index contributed by atoms with van der Waals surface area (Å²) in [5.41, 5.74) is 4.97. The Morgan fingerprint density at radius 1 is 1.06 bits per heavy atom. The monoisotopic (exact) mass is 246 g/mol. The third-order valence-electron chi connectivity index (χ3n) is 2.36. The first-order chi connectivity index (χ1) is 8.04. The van der Waals surface area contributed by atoms with Gasteiger partial charge in [-0.2, -0.15) is 5.06 Å². The summed E-state index contributed by atoms with van der Waals surface area (Å²) in [6.45, 7) is 5.06. The third kappa shape index (κ3) is 25.6. The van der Waals surface area contributed by atoms with Gasteiger partial charge in [0.15, 0.2) is 0 Å². The van der Waals surface area contributed by atoms with Crippen molar-refractivity contribution in [1.82, 2.24) is 5.06 Å². The number of primary amides is 1. The molecule has 0 saturated heterocycles. The lowest BCUT2D eigenvalue weighted by Crippen LogP contribution is -2.13. The summed E-state index contributed by atoms with van der Waals surface area (Å²) in [5, 5.41) is 9.73. The van der Waals surface area contributed by atoms with Crippen molar-refractivity contribution in [3.63, 3.8) is 0 Å². The van der Waals surface area contributed by atoms with Gasteiger partial charge in [0.05, 0.1) is 0 Å². The van der Waals surface area contributed by atoms with Crippen LogP contribution in [0.4, 0.5) is 0 Å². The van der Waals surface area contributed by atoms with Crippen LogP contribution < -0.4 is 5.73 Å². The Morgan fingerprint density at radius 2 is 1.59 bits per heavy atom. The molecular weight excluding hydrogens is 216 g/mol. The fraction of sp³-hybridized carbons (Fsp3) is 0.923. The van der Waals surface area contributed by atoms with E-state index < -0.39 is 0 Å². The van der Waals surface area contributed by atoms with E-state index in [1.165, 1.54) is 24.3 Å². The molecule has 0 unspecified atom stereocenters. The zero-order chi connectivity index (χ0) is 13.5. The number of amides is 1. The molecule has 0 aliphatic carbocycles. The lowest BCUT2D eigenvalue weighted by atomic mass is 10.1. The summed E-state index contributed by atoms with van der Waals surface area (Å²) in [6, 6.07) is 0. The smallest absolute Gasteiger partial charge is 0.217 e. The van der Waals surface area contributed by atoms with Crippen molar-refractivity contribution in [1.29, 1.82) is 0 Å². The molecule has 0 atom stereocenters. The number of carbonyl (C=O) groups excluding carboxylic acids is 1. The summed E-state index contributed by atoms with van der Waals surface area (Å²) in [7, 11) is 1.66. The molecule has 4 nitrogen and oxygen atoms in total. The molecule has 17 heavy (non-hydrogen) atoms. The number of hydrogen-bond donors (Lipinski definition) is 2. The van der Waals surface area contributed by atoms with Crippen molar-refractivity contribution >= 4 is 5.91 Å². The standard InChI is InChI=1S/C8H17NO.C5H13NO/c1-2-3-4-5-6-7-8(9)10;1-3-4-5-6(2)7/h2-7H2,1H3,(H2,9,10);7H,3-5H2,1-2H3. The summed E-state index contributed by atoms with van der Waals surface area (Å²) in [6.07, 6.45) is 8.66. The third-order valence-corrected chi connectivity index (χ3v) is 2.36. The largest absolute Gasteiger partial charge is 0.370 e. The van der Waals surface area contributed by atoms with Gasteiger partial charge >= 0.3 is 0 Å². The number of unbranched alkanes of at least 4 members (excludes halogenated alkanes) is 5. The molecule has 0 radical (unpaired) electrons. The average molecular weight is 246 g/mol. The molecule has 0 heterocycles. The molecule has 0 aromatic carbocycles. The minimum absolute atomic E-state index is 0.170. The molecule has 0 aromatic rings. The molecule has 4 heteroatoms. The zero-order valence-electron chi connectivity index (χ0n) is 11.7. The Morgan fingerprint density at radius 3 is 1.94 bits per heavy atom. The van der Waals surface area contributed by atoms with E-state index in [4.69, 9.17) is 10.9 Å². The molecule has 104 valence electrons. The van der Waals surface area contributed by atoms with E-state index in [2.05, 4.69) is 13.8 Å². The van der Waals surface area contributed by atoms with Crippen LogP contribution in [0.1, 0.15) is 65.2 Å². The summed E-state index contributed by atoms with van der Waals surface area (Å²) in [4.78, 5) is 10.3. The van der Waals surface area contributed by atoms with Crippen LogP contribution in [-0.4, -0.2) is 29.8 Å². The predicted octanol–water partition coefficient (Wildman–Crippen LogP) is 2.94. The van der Waals surface area contributed by atoms with Crippen molar-refractivity contribution in [2.45, 2.75) is 65.2 Å². The summed E-state index contributed by atoms with van der Waals surface area (Å²) < 4.78 is 0. The van der Waals surface area contributed by atoms with Crippen LogP contribution in [0.15, 0.2) is 0 Å². The SMILES string of the molecule is CCCCCCCC(N)=O.CCCCN(C)O. The highest BCUT2D eigenvalue weighted by molar-refractivity contribution is 5.73. The van der Waals surface area contributed by atoms with Gasteiger partial charge in [-0.05, 0) is 12.8 Å². The van der Waals surface area contributed by atoms with Gasteiger partial charge in [-0.1, -0.05) is 46.0 Å². The number of hydrogen-bond acceptors (Lipinski definition) is 3. The van der Waals surface area contributed by atoms with Gasteiger partial charge in [0.1, 0.15) is 0 Å². The Kier molecular flexibility index (Phi) is 17.0. The van der Waals surface area contributed by atoms with Crippen LogP contribution in [0, 0.1) is 0 Å². The van der Waals surface area contributed by atoms with Crippen molar-refractivity contribution in [3.8, 4) is 0 Å². The zero-order valence-corrected chi connectivity index (χ0v) is 11.7. The second kappa shape index (κ2) is 15.4. The van der Waals surface area contributed by atoms with Crippen molar-refractivity contribution in [3.05, 3.63) is 0 Å². The Bertz CT molecular complexity index is 161. The molecule has 0 aliphatic heterocycles. The molecule has 0 aliphatic rings. The summed E-state index contributed by atoms with van der Waals surface area (Å²) in [5.74, 6) is -0.170. The predicted molar refractivity (Wildman–Crippen MR) is 71.9 cm³/mol. The van der Waals surface area contributed by atoms with Crippen LogP contribution >= 0.6 is 0 Å². The van der Waals surface area contributed by atoms with Crippen LogP contribution in [0.3, 0.4) is 0 Å². The second-order valence-corrected chi connectivity index (χ2v) is 4.37. The van der Waals surface area contributed by atoms with Crippen LogP contribution in [0.5, 0.6) is 0 Å². The van der Waals surface area contributed by atoms with E-state index in [-0.39, 0.29) is 5.91 Å². The summed E-state index contributed by atoms with van der Waals surface area (Å²) >= 11 is 0. The molecule has 3 N–H and O–H groups in total. The average Bonchev–Trinajstić information content (AvgIpc) is 2.26. The van der Waals surface area contributed by atoms with E-state index >= 15 is 0 Å². The molecule has 0 saturated carbocycles. The molecule has 1 amide bonds. The Hall–Kier alpha value is -0.610. The van der Waals surface area contributed by atoms with Crippen molar-refractivity contribution < 1.29 is 10.0 Å². The number of nitrogens with zero attached hydrogens (tertiary/aromatic N) is 1. The first kappa shape index (κ1) is 18.7. The first-order valence-electron chi connectivity index (χ1n) is 6.72. The highest BCUT2D eigenvalue weighted by Gasteiger charge is 1.92. The lowest BCUT2D eigenvalue weighted by Gasteiger charge is -2.03. The van der Waals surface area contributed by atoms with Gasteiger partial charge in [0.2, 0.25) is 5.91 Å². The fourth-order valence-corrected chi connectivity index (χ4v) is 1.29. The Labute approximate surface area is 106 Å². The van der Waals surface area contributed by atoms with Crippen molar-refractivity contribution in [2.24, 2.45) is 5.73 Å². The van der Waals surface area contributed by atoms with Crippen molar-refractivity contribution in [2.75, 3.05) is 13.6 Å². The maximum absolute atomic E-state index is 10.3. The maximum atomic E-state index is 10.3. The minimum atomic E-state index is -0.170. The lowest BCUT2D eigenvalue weighted by molar-refractivity contribution is -0.118. The van der Waals surface area contributed by atoms with Crippen LogP contribution in [0.25, 0.3) is 0 Å². The first-order valence-corrected chi connectivity index (χ1v) is 6.72. The topological polar surface area (TPSA) is 66.6 Å². The Balaban J connectivity index is 0. The molecular formula is C13H30N2O2. The number of carbonyl (C=O) groups is 1. The van der Waals surface area contributed by atoms with Gasteiger partial charge in [0.25, 0.3) is 0 Å². The van der Waals surface area contributed by atoms with Gasteiger partial charge in [0, 0.05) is 20.0 Å². The van der Waals surface area contributed by atoms with Crippen LogP contribution in [0.2, 0.25) is 0 Å². The highest BCUT2D eigenvalue weighted by Crippen LogP contribution is 2.03. The fourth-order valence-electron chi connectivity index (χ4n) is 1.29. The van der Waals surface area contributed by atoms with Gasteiger partial charge in [-0.25, -0.2) is 0 Å². The minimum Gasteiger partial charge on any atom is -0.370 e. The van der Waals surface area contributed by atoms with Crippen LogP contribution in [-0.2, 0) is 4.79 Å². The molecule has 0 aromatic heterocycles. The van der Waals surface area contributed by atoms with Gasteiger partial charge in [-0.15, -0.1) is 0 Å².